The maximum atomic E-state index is 9.15. The monoisotopic (exact) mass is 261 g/mol. The second-order valence-corrected chi connectivity index (χ2v) is 6.01. The minimum absolute atomic E-state index is 0.127. The average Bonchev–Trinajstić information content (AvgIpc) is 2.75. The molecule has 0 aliphatic rings. The van der Waals surface area contributed by atoms with Gasteiger partial charge in [0.1, 0.15) is 5.65 Å². The van der Waals surface area contributed by atoms with E-state index in [9.17, 15) is 0 Å². The Morgan fingerprint density at radius 3 is 2.79 bits per heavy atom. The SMILES string of the molecule is CC(C)(C)C(CCO)NCc1cn2ccccc2n1. The summed E-state index contributed by atoms with van der Waals surface area (Å²) >= 11 is 0. The van der Waals surface area contributed by atoms with Gasteiger partial charge in [-0.15, -0.1) is 0 Å². The Hall–Kier alpha value is -1.39. The molecule has 0 saturated carbocycles. The van der Waals surface area contributed by atoms with Gasteiger partial charge in [-0.2, -0.15) is 0 Å². The smallest absolute Gasteiger partial charge is 0.137 e. The summed E-state index contributed by atoms with van der Waals surface area (Å²) < 4.78 is 2.02. The lowest BCUT2D eigenvalue weighted by Gasteiger charge is -2.31. The Morgan fingerprint density at radius 1 is 1.37 bits per heavy atom. The Kier molecular flexibility index (Phi) is 4.22. The van der Waals surface area contributed by atoms with E-state index in [-0.39, 0.29) is 18.1 Å². The molecule has 0 radical (unpaired) electrons. The van der Waals surface area contributed by atoms with E-state index >= 15 is 0 Å². The molecule has 0 aliphatic heterocycles. The van der Waals surface area contributed by atoms with Crippen molar-refractivity contribution < 1.29 is 5.11 Å². The first-order valence-corrected chi connectivity index (χ1v) is 6.77. The molecule has 0 bridgehead atoms. The zero-order valence-corrected chi connectivity index (χ0v) is 11.9. The molecule has 2 N–H and O–H groups in total. The van der Waals surface area contributed by atoms with Gasteiger partial charge in [-0.1, -0.05) is 26.8 Å². The molecular weight excluding hydrogens is 238 g/mol. The van der Waals surface area contributed by atoms with Crippen molar-refractivity contribution in [3.05, 3.63) is 36.3 Å². The molecule has 0 saturated heterocycles. The molecule has 2 aromatic heterocycles. The van der Waals surface area contributed by atoms with Gasteiger partial charge in [0.25, 0.3) is 0 Å². The molecule has 0 aliphatic carbocycles. The van der Waals surface area contributed by atoms with Gasteiger partial charge in [0, 0.05) is 31.6 Å². The van der Waals surface area contributed by atoms with Gasteiger partial charge in [-0.05, 0) is 24.0 Å². The van der Waals surface area contributed by atoms with Crippen molar-refractivity contribution in [2.75, 3.05) is 6.61 Å². The normalized spacial score (nSPS) is 13.9. The number of hydrogen-bond acceptors (Lipinski definition) is 3. The third kappa shape index (κ3) is 3.55. The fraction of sp³-hybridized carbons (Fsp3) is 0.533. The number of aliphatic hydroxyl groups excluding tert-OH is 1. The first-order chi connectivity index (χ1) is 9.00. The van der Waals surface area contributed by atoms with Crippen LogP contribution in [-0.2, 0) is 6.54 Å². The molecule has 2 aromatic rings. The molecule has 2 heterocycles. The van der Waals surface area contributed by atoms with Gasteiger partial charge in [0.15, 0.2) is 0 Å². The largest absolute Gasteiger partial charge is 0.396 e. The Morgan fingerprint density at radius 2 is 2.16 bits per heavy atom. The third-order valence-corrected chi connectivity index (χ3v) is 3.41. The van der Waals surface area contributed by atoms with Crippen molar-refractivity contribution in [2.45, 2.75) is 39.8 Å². The Balaban J connectivity index is 2.04. The summed E-state index contributed by atoms with van der Waals surface area (Å²) in [6.45, 7) is 7.49. The van der Waals surface area contributed by atoms with Gasteiger partial charge in [-0.3, -0.25) is 0 Å². The minimum Gasteiger partial charge on any atom is -0.396 e. The predicted molar refractivity (Wildman–Crippen MR) is 77.0 cm³/mol. The summed E-state index contributed by atoms with van der Waals surface area (Å²) in [5.41, 5.74) is 2.12. The van der Waals surface area contributed by atoms with E-state index in [1.54, 1.807) is 0 Å². The predicted octanol–water partition coefficient (Wildman–Crippen LogP) is 2.22. The summed E-state index contributed by atoms with van der Waals surface area (Å²) in [6, 6.07) is 6.26. The number of hydrogen-bond donors (Lipinski definition) is 2. The third-order valence-electron chi connectivity index (χ3n) is 3.41. The van der Waals surface area contributed by atoms with E-state index in [1.807, 2.05) is 35.0 Å². The fourth-order valence-corrected chi connectivity index (χ4v) is 2.27. The first kappa shape index (κ1) is 14.0. The average molecular weight is 261 g/mol. The fourth-order valence-electron chi connectivity index (χ4n) is 2.27. The van der Waals surface area contributed by atoms with Crippen LogP contribution in [0.4, 0.5) is 0 Å². The Bertz CT molecular complexity index is 494. The van der Waals surface area contributed by atoms with Gasteiger partial charge in [0.2, 0.25) is 0 Å². The van der Waals surface area contributed by atoms with Crippen molar-refractivity contribution in [1.82, 2.24) is 14.7 Å². The molecule has 19 heavy (non-hydrogen) atoms. The lowest BCUT2D eigenvalue weighted by atomic mass is 9.85. The van der Waals surface area contributed by atoms with Crippen LogP contribution in [0.1, 0.15) is 32.9 Å². The standard InChI is InChI=1S/C15H23N3O/c1-15(2,3)13(7-9-19)16-10-12-11-18-8-5-4-6-14(18)17-12/h4-6,8,11,13,16,19H,7,9-10H2,1-3H3. The van der Waals surface area contributed by atoms with Crippen LogP contribution in [0.2, 0.25) is 0 Å². The van der Waals surface area contributed by atoms with Crippen LogP contribution >= 0.6 is 0 Å². The lowest BCUT2D eigenvalue weighted by Crippen LogP contribution is -2.40. The number of aromatic nitrogens is 2. The molecule has 1 atom stereocenters. The molecular formula is C15H23N3O. The van der Waals surface area contributed by atoms with Gasteiger partial charge in [-0.25, -0.2) is 4.98 Å². The highest BCUT2D eigenvalue weighted by molar-refractivity contribution is 5.39. The molecule has 2 rings (SSSR count). The maximum absolute atomic E-state index is 9.15. The highest BCUT2D eigenvalue weighted by Gasteiger charge is 2.23. The van der Waals surface area contributed by atoms with E-state index in [0.717, 1.165) is 24.3 Å². The van der Waals surface area contributed by atoms with Crippen LogP contribution in [0.15, 0.2) is 30.6 Å². The summed E-state index contributed by atoms with van der Waals surface area (Å²) in [5.74, 6) is 0. The van der Waals surface area contributed by atoms with Gasteiger partial charge in [0.05, 0.1) is 5.69 Å². The van der Waals surface area contributed by atoms with Crippen LogP contribution in [0.3, 0.4) is 0 Å². The summed E-state index contributed by atoms with van der Waals surface area (Å²) in [5, 5.41) is 12.7. The van der Waals surface area contributed by atoms with E-state index in [2.05, 4.69) is 31.1 Å². The first-order valence-electron chi connectivity index (χ1n) is 6.77. The second-order valence-electron chi connectivity index (χ2n) is 6.01. The number of nitrogens with zero attached hydrogens (tertiary/aromatic N) is 2. The topological polar surface area (TPSA) is 49.6 Å². The van der Waals surface area contributed by atoms with Crippen LogP contribution in [-0.4, -0.2) is 27.1 Å². The minimum atomic E-state index is 0.127. The Labute approximate surface area is 114 Å². The molecule has 0 amide bonds. The number of aliphatic hydroxyl groups is 1. The molecule has 1 unspecified atom stereocenters. The van der Waals surface area contributed by atoms with Crippen molar-refractivity contribution >= 4 is 5.65 Å². The van der Waals surface area contributed by atoms with Gasteiger partial charge >= 0.3 is 0 Å². The highest BCUT2D eigenvalue weighted by Crippen LogP contribution is 2.22. The molecule has 4 nitrogen and oxygen atoms in total. The van der Waals surface area contributed by atoms with Crippen molar-refractivity contribution in [3.63, 3.8) is 0 Å². The summed E-state index contributed by atoms with van der Waals surface area (Å²) in [7, 11) is 0. The van der Waals surface area contributed by atoms with Crippen LogP contribution in [0.25, 0.3) is 5.65 Å². The molecule has 0 aromatic carbocycles. The lowest BCUT2D eigenvalue weighted by molar-refractivity contribution is 0.196. The second kappa shape index (κ2) is 5.72. The summed E-state index contributed by atoms with van der Waals surface area (Å²) in [4.78, 5) is 4.56. The van der Waals surface area contributed by atoms with Crippen molar-refractivity contribution in [2.24, 2.45) is 5.41 Å². The number of nitrogens with one attached hydrogen (secondary N) is 1. The highest BCUT2D eigenvalue weighted by atomic mass is 16.3. The number of rotatable bonds is 5. The maximum Gasteiger partial charge on any atom is 0.137 e. The quantitative estimate of drug-likeness (QED) is 0.867. The van der Waals surface area contributed by atoms with E-state index in [1.165, 1.54) is 0 Å². The van der Waals surface area contributed by atoms with E-state index < -0.39 is 0 Å². The molecule has 0 spiro atoms. The molecule has 104 valence electrons. The molecule has 4 heteroatoms. The van der Waals surface area contributed by atoms with Crippen LogP contribution in [0, 0.1) is 5.41 Å². The van der Waals surface area contributed by atoms with E-state index in [4.69, 9.17) is 5.11 Å². The zero-order valence-electron chi connectivity index (χ0n) is 11.9. The van der Waals surface area contributed by atoms with Crippen molar-refractivity contribution in [3.8, 4) is 0 Å². The van der Waals surface area contributed by atoms with E-state index in [0.29, 0.717) is 0 Å². The number of pyridine rings is 1. The summed E-state index contributed by atoms with van der Waals surface area (Å²) in [6.07, 6.45) is 4.80. The van der Waals surface area contributed by atoms with Crippen molar-refractivity contribution in [1.29, 1.82) is 0 Å². The molecule has 0 fully saturated rings. The zero-order chi connectivity index (χ0) is 13.9. The van der Waals surface area contributed by atoms with Gasteiger partial charge < -0.3 is 14.8 Å². The number of imidazole rings is 1. The van der Waals surface area contributed by atoms with Crippen LogP contribution < -0.4 is 5.32 Å². The number of fused-ring (bicyclic) bond motifs is 1. The van der Waals surface area contributed by atoms with Crippen LogP contribution in [0.5, 0.6) is 0 Å².